The lowest BCUT2D eigenvalue weighted by molar-refractivity contribution is 0.414. The summed E-state index contributed by atoms with van der Waals surface area (Å²) in [5.74, 6) is 0.929. The van der Waals surface area contributed by atoms with Gasteiger partial charge in [0.15, 0.2) is 0 Å². The normalized spacial score (nSPS) is 12.8. The number of rotatable bonds is 7. The fourth-order valence-electron chi connectivity index (χ4n) is 3.76. The molecule has 28 heavy (non-hydrogen) atoms. The van der Waals surface area contributed by atoms with E-state index in [0.29, 0.717) is 0 Å². The summed E-state index contributed by atoms with van der Waals surface area (Å²) in [5.41, 5.74) is 8.81. The van der Waals surface area contributed by atoms with Crippen LogP contribution in [0.5, 0.6) is 5.75 Å². The number of aromatic nitrogens is 2. The number of nitrogens with one attached hydrogen (secondary N) is 1. The van der Waals surface area contributed by atoms with Gasteiger partial charge >= 0.3 is 0 Å². The van der Waals surface area contributed by atoms with Gasteiger partial charge in [0.1, 0.15) is 5.75 Å². The van der Waals surface area contributed by atoms with Crippen molar-refractivity contribution in [2.24, 2.45) is 0 Å². The van der Waals surface area contributed by atoms with Crippen LogP contribution in [0.1, 0.15) is 34.4 Å². The van der Waals surface area contributed by atoms with Gasteiger partial charge in [-0.3, -0.25) is 0 Å². The Morgan fingerprint density at radius 2 is 2.04 bits per heavy atom. The van der Waals surface area contributed by atoms with E-state index in [9.17, 15) is 0 Å². The molecule has 0 saturated carbocycles. The molecule has 0 bridgehead atoms. The van der Waals surface area contributed by atoms with Crippen molar-refractivity contribution in [1.29, 1.82) is 0 Å². The Labute approximate surface area is 166 Å². The standard InChI is InChI=1S/C24H27N3O/c1-17-5-4-6-22(13-17)27-16-21(18(2)26-27)15-25-12-11-20-8-7-19-9-10-23(28-3)14-24(19)20/h4-6,8-10,13-14,16,25H,7,11-12,15H2,1-3H3. The van der Waals surface area contributed by atoms with Gasteiger partial charge in [0.25, 0.3) is 0 Å². The minimum Gasteiger partial charge on any atom is -0.497 e. The van der Waals surface area contributed by atoms with E-state index < -0.39 is 0 Å². The average Bonchev–Trinajstić information content (AvgIpc) is 3.28. The van der Waals surface area contributed by atoms with Crippen LogP contribution in [0, 0.1) is 13.8 Å². The third-order valence-electron chi connectivity index (χ3n) is 5.38. The third-order valence-corrected chi connectivity index (χ3v) is 5.38. The highest BCUT2D eigenvalue weighted by Crippen LogP contribution is 2.32. The lowest BCUT2D eigenvalue weighted by Gasteiger charge is -2.09. The molecule has 0 amide bonds. The van der Waals surface area contributed by atoms with Gasteiger partial charge in [0.2, 0.25) is 0 Å². The van der Waals surface area contributed by atoms with Gasteiger partial charge in [-0.1, -0.05) is 24.3 Å². The molecule has 0 atom stereocenters. The Morgan fingerprint density at radius 1 is 1.14 bits per heavy atom. The zero-order chi connectivity index (χ0) is 19.5. The number of methoxy groups -OCH3 is 1. The van der Waals surface area contributed by atoms with Gasteiger partial charge in [0.05, 0.1) is 18.5 Å². The van der Waals surface area contributed by atoms with Crippen molar-refractivity contribution >= 4 is 5.57 Å². The molecule has 2 aromatic carbocycles. The molecule has 1 N–H and O–H groups in total. The lowest BCUT2D eigenvalue weighted by atomic mass is 10.0. The van der Waals surface area contributed by atoms with Gasteiger partial charge in [0, 0.05) is 18.3 Å². The third kappa shape index (κ3) is 3.87. The SMILES string of the molecule is COc1ccc2c(c1)C(CCNCc1cn(-c3cccc(C)c3)nc1C)=CC2. The fourth-order valence-corrected chi connectivity index (χ4v) is 3.76. The Kier molecular flexibility index (Phi) is 5.31. The van der Waals surface area contributed by atoms with E-state index in [4.69, 9.17) is 4.74 Å². The number of nitrogens with zero attached hydrogens (tertiary/aromatic N) is 2. The minimum absolute atomic E-state index is 0.829. The van der Waals surface area contributed by atoms with Crippen LogP contribution >= 0.6 is 0 Å². The first-order valence-corrected chi connectivity index (χ1v) is 9.83. The second-order valence-electron chi connectivity index (χ2n) is 7.41. The van der Waals surface area contributed by atoms with Crippen LogP contribution in [0.3, 0.4) is 0 Å². The summed E-state index contributed by atoms with van der Waals surface area (Å²) in [7, 11) is 1.72. The highest BCUT2D eigenvalue weighted by atomic mass is 16.5. The molecule has 1 aliphatic carbocycles. The number of benzene rings is 2. The molecule has 4 heteroatoms. The Balaban J connectivity index is 1.35. The molecule has 3 aromatic rings. The van der Waals surface area contributed by atoms with Crippen molar-refractivity contribution in [3.05, 3.63) is 82.7 Å². The number of ether oxygens (including phenoxy) is 1. The van der Waals surface area contributed by atoms with Crippen molar-refractivity contribution in [2.45, 2.75) is 33.2 Å². The maximum absolute atomic E-state index is 5.38. The second kappa shape index (κ2) is 8.03. The van der Waals surface area contributed by atoms with Gasteiger partial charge in [-0.05, 0) is 79.8 Å². The van der Waals surface area contributed by atoms with E-state index in [1.165, 1.54) is 27.8 Å². The van der Waals surface area contributed by atoms with E-state index in [1.807, 2.05) is 10.7 Å². The summed E-state index contributed by atoms with van der Waals surface area (Å²) in [5, 5.41) is 8.26. The highest BCUT2D eigenvalue weighted by molar-refractivity contribution is 5.74. The summed E-state index contributed by atoms with van der Waals surface area (Å²) >= 11 is 0. The average molecular weight is 374 g/mol. The summed E-state index contributed by atoms with van der Waals surface area (Å²) < 4.78 is 7.35. The van der Waals surface area contributed by atoms with E-state index in [0.717, 1.165) is 43.1 Å². The number of hydrogen-bond donors (Lipinski definition) is 1. The monoisotopic (exact) mass is 373 g/mol. The van der Waals surface area contributed by atoms with Gasteiger partial charge in [-0.15, -0.1) is 0 Å². The highest BCUT2D eigenvalue weighted by Gasteiger charge is 2.14. The van der Waals surface area contributed by atoms with Crippen LogP contribution in [0.4, 0.5) is 0 Å². The minimum atomic E-state index is 0.829. The summed E-state index contributed by atoms with van der Waals surface area (Å²) in [6.07, 6.45) is 6.52. The van der Waals surface area contributed by atoms with Crippen molar-refractivity contribution in [3.8, 4) is 11.4 Å². The van der Waals surface area contributed by atoms with Crippen molar-refractivity contribution in [3.63, 3.8) is 0 Å². The van der Waals surface area contributed by atoms with Crippen molar-refractivity contribution in [1.82, 2.24) is 15.1 Å². The Morgan fingerprint density at radius 3 is 2.86 bits per heavy atom. The molecule has 144 valence electrons. The van der Waals surface area contributed by atoms with E-state index >= 15 is 0 Å². The van der Waals surface area contributed by atoms with E-state index in [1.54, 1.807) is 7.11 Å². The zero-order valence-corrected chi connectivity index (χ0v) is 16.8. The molecule has 0 radical (unpaired) electrons. The Hall–Kier alpha value is -2.85. The molecule has 4 rings (SSSR count). The zero-order valence-electron chi connectivity index (χ0n) is 16.8. The molecular formula is C24H27N3O. The maximum Gasteiger partial charge on any atom is 0.119 e. The first-order chi connectivity index (χ1) is 13.6. The molecule has 0 unspecified atom stereocenters. The molecule has 1 heterocycles. The van der Waals surface area contributed by atoms with Gasteiger partial charge in [-0.25, -0.2) is 4.68 Å². The lowest BCUT2D eigenvalue weighted by Crippen LogP contribution is -2.15. The molecule has 0 fully saturated rings. The van der Waals surface area contributed by atoms with Crippen LogP contribution in [0.2, 0.25) is 0 Å². The molecular weight excluding hydrogens is 346 g/mol. The quantitative estimate of drug-likeness (QED) is 0.615. The van der Waals surface area contributed by atoms with Crippen LogP contribution in [0.15, 0.2) is 54.7 Å². The summed E-state index contributed by atoms with van der Waals surface area (Å²) in [4.78, 5) is 0. The first-order valence-electron chi connectivity index (χ1n) is 9.83. The van der Waals surface area contributed by atoms with Crippen molar-refractivity contribution in [2.75, 3.05) is 13.7 Å². The van der Waals surface area contributed by atoms with Crippen LogP contribution in [0.25, 0.3) is 11.3 Å². The van der Waals surface area contributed by atoms with Crippen LogP contribution < -0.4 is 10.1 Å². The summed E-state index contributed by atoms with van der Waals surface area (Å²) in [6, 6.07) is 14.8. The predicted molar refractivity (Wildman–Crippen MR) is 114 cm³/mol. The molecule has 0 saturated heterocycles. The number of hydrogen-bond acceptors (Lipinski definition) is 3. The molecule has 4 nitrogen and oxygen atoms in total. The number of aryl methyl sites for hydroxylation is 2. The topological polar surface area (TPSA) is 39.1 Å². The number of allylic oxidation sites excluding steroid dienone is 1. The molecule has 1 aliphatic rings. The van der Waals surface area contributed by atoms with Gasteiger partial charge in [-0.2, -0.15) is 5.10 Å². The molecule has 0 spiro atoms. The van der Waals surface area contributed by atoms with Crippen molar-refractivity contribution < 1.29 is 4.74 Å². The maximum atomic E-state index is 5.38. The molecule has 0 aliphatic heterocycles. The van der Waals surface area contributed by atoms with E-state index in [-0.39, 0.29) is 0 Å². The van der Waals surface area contributed by atoms with Crippen LogP contribution in [-0.2, 0) is 13.0 Å². The smallest absolute Gasteiger partial charge is 0.119 e. The number of fused-ring (bicyclic) bond motifs is 1. The fraction of sp³-hybridized carbons (Fsp3) is 0.292. The van der Waals surface area contributed by atoms with Gasteiger partial charge < -0.3 is 10.1 Å². The predicted octanol–water partition coefficient (Wildman–Crippen LogP) is 4.62. The summed E-state index contributed by atoms with van der Waals surface area (Å²) in [6.45, 7) is 5.95. The van der Waals surface area contributed by atoms with E-state index in [2.05, 4.69) is 72.9 Å². The molecule has 1 aromatic heterocycles. The second-order valence-corrected chi connectivity index (χ2v) is 7.41. The Bertz CT molecular complexity index is 1020. The van der Waals surface area contributed by atoms with Crippen LogP contribution in [-0.4, -0.2) is 23.4 Å². The largest absolute Gasteiger partial charge is 0.497 e. The first kappa shape index (κ1) is 18.5.